The standard InChI is InChI=1S/C13H13F3N2O3S/c1-7-3-4-9(21-7)12(20,13(14,15)16)5-10(19)18-11-17-6-8(2)22-11/h3-4,6,20H,5H2,1-2H3,(H,17,18,19). The van der Waals surface area contributed by atoms with Crippen LogP contribution in [0.2, 0.25) is 0 Å². The molecule has 5 nitrogen and oxygen atoms in total. The molecule has 2 N–H and O–H groups in total. The number of furan rings is 1. The molecule has 0 saturated carbocycles. The molecule has 2 aromatic rings. The van der Waals surface area contributed by atoms with Gasteiger partial charge in [-0.25, -0.2) is 4.98 Å². The van der Waals surface area contributed by atoms with Gasteiger partial charge in [0.25, 0.3) is 0 Å². The Bertz CT molecular complexity index is 680. The van der Waals surface area contributed by atoms with E-state index in [0.29, 0.717) is 0 Å². The number of thiazole rings is 1. The van der Waals surface area contributed by atoms with Gasteiger partial charge in [0.15, 0.2) is 5.13 Å². The number of nitrogens with one attached hydrogen (secondary N) is 1. The maximum absolute atomic E-state index is 13.2. The highest BCUT2D eigenvalue weighted by Gasteiger charge is 2.58. The van der Waals surface area contributed by atoms with Gasteiger partial charge < -0.3 is 14.8 Å². The highest BCUT2D eigenvalue weighted by Crippen LogP contribution is 2.42. The zero-order chi connectivity index (χ0) is 16.5. The van der Waals surface area contributed by atoms with Crippen molar-refractivity contribution in [3.8, 4) is 0 Å². The smallest absolute Gasteiger partial charge is 0.425 e. The van der Waals surface area contributed by atoms with E-state index in [1.165, 1.54) is 19.2 Å². The van der Waals surface area contributed by atoms with E-state index in [9.17, 15) is 23.1 Å². The Hall–Kier alpha value is -1.87. The maximum atomic E-state index is 13.2. The molecule has 2 rings (SSSR count). The molecule has 2 aromatic heterocycles. The van der Waals surface area contributed by atoms with Crippen LogP contribution < -0.4 is 5.32 Å². The van der Waals surface area contributed by atoms with E-state index in [1.807, 2.05) is 0 Å². The Morgan fingerprint density at radius 3 is 2.55 bits per heavy atom. The van der Waals surface area contributed by atoms with Gasteiger partial charge in [-0.3, -0.25) is 4.79 Å². The fourth-order valence-corrected chi connectivity index (χ4v) is 2.47. The van der Waals surface area contributed by atoms with Crippen LogP contribution in [0.1, 0.15) is 22.8 Å². The Morgan fingerprint density at radius 2 is 2.09 bits per heavy atom. The van der Waals surface area contributed by atoms with Crippen LogP contribution in [0.3, 0.4) is 0 Å². The normalized spacial score (nSPS) is 14.6. The van der Waals surface area contributed by atoms with Gasteiger partial charge >= 0.3 is 6.18 Å². The topological polar surface area (TPSA) is 75.4 Å². The van der Waals surface area contributed by atoms with Crippen LogP contribution in [-0.4, -0.2) is 22.2 Å². The number of hydrogen-bond donors (Lipinski definition) is 2. The molecule has 0 saturated heterocycles. The Labute approximate surface area is 127 Å². The SMILES string of the molecule is Cc1ccc(C(O)(CC(=O)Nc2ncc(C)s2)C(F)(F)F)o1. The summed E-state index contributed by atoms with van der Waals surface area (Å²) in [5.41, 5.74) is -3.39. The van der Waals surface area contributed by atoms with Gasteiger partial charge in [-0.2, -0.15) is 13.2 Å². The first kappa shape index (κ1) is 16.5. The van der Waals surface area contributed by atoms with Gasteiger partial charge in [-0.05, 0) is 26.0 Å². The maximum Gasteiger partial charge on any atom is 0.425 e. The van der Waals surface area contributed by atoms with Crippen LogP contribution in [0.4, 0.5) is 18.3 Å². The van der Waals surface area contributed by atoms with Crippen molar-refractivity contribution in [2.45, 2.75) is 32.0 Å². The van der Waals surface area contributed by atoms with Gasteiger partial charge in [-0.1, -0.05) is 0 Å². The van der Waals surface area contributed by atoms with Crippen molar-refractivity contribution in [1.29, 1.82) is 0 Å². The molecule has 1 amide bonds. The molecule has 0 fully saturated rings. The second kappa shape index (κ2) is 5.73. The quantitative estimate of drug-likeness (QED) is 0.901. The zero-order valence-corrected chi connectivity index (χ0v) is 12.5. The molecule has 0 aliphatic rings. The average molecular weight is 334 g/mol. The molecular formula is C13H13F3N2O3S. The summed E-state index contributed by atoms with van der Waals surface area (Å²) in [5, 5.41) is 12.4. The van der Waals surface area contributed by atoms with Crippen LogP contribution in [0, 0.1) is 13.8 Å². The molecule has 0 aliphatic heterocycles. The number of carbonyl (C=O) groups excluding carboxylic acids is 1. The van der Waals surface area contributed by atoms with Crippen molar-refractivity contribution in [3.63, 3.8) is 0 Å². The molecule has 0 spiro atoms. The first-order valence-corrected chi connectivity index (χ1v) is 7.02. The minimum Gasteiger partial charge on any atom is -0.463 e. The minimum absolute atomic E-state index is 0.169. The summed E-state index contributed by atoms with van der Waals surface area (Å²) in [6, 6.07) is 2.29. The number of anilines is 1. The van der Waals surface area contributed by atoms with E-state index < -0.39 is 29.9 Å². The van der Waals surface area contributed by atoms with Crippen molar-refractivity contribution in [2.24, 2.45) is 0 Å². The summed E-state index contributed by atoms with van der Waals surface area (Å²) in [6.45, 7) is 3.18. The first-order chi connectivity index (χ1) is 10.1. The third-order valence-electron chi connectivity index (χ3n) is 2.90. The zero-order valence-electron chi connectivity index (χ0n) is 11.7. The van der Waals surface area contributed by atoms with Crippen LogP contribution >= 0.6 is 11.3 Å². The van der Waals surface area contributed by atoms with Crippen LogP contribution in [0.5, 0.6) is 0 Å². The van der Waals surface area contributed by atoms with E-state index >= 15 is 0 Å². The monoisotopic (exact) mass is 334 g/mol. The number of hydrogen-bond acceptors (Lipinski definition) is 5. The second-order valence-electron chi connectivity index (χ2n) is 4.77. The number of aromatic nitrogens is 1. The van der Waals surface area contributed by atoms with Crippen molar-refractivity contribution in [1.82, 2.24) is 4.98 Å². The lowest BCUT2D eigenvalue weighted by Crippen LogP contribution is -2.44. The highest BCUT2D eigenvalue weighted by molar-refractivity contribution is 7.15. The van der Waals surface area contributed by atoms with E-state index in [-0.39, 0.29) is 10.9 Å². The molecule has 0 aliphatic carbocycles. The molecule has 1 unspecified atom stereocenters. The number of carbonyl (C=O) groups is 1. The van der Waals surface area contributed by atoms with Gasteiger partial charge in [0, 0.05) is 11.1 Å². The summed E-state index contributed by atoms with van der Waals surface area (Å²) >= 11 is 1.12. The van der Waals surface area contributed by atoms with E-state index in [0.717, 1.165) is 22.3 Å². The van der Waals surface area contributed by atoms with E-state index in [2.05, 4.69) is 10.3 Å². The molecule has 9 heteroatoms. The summed E-state index contributed by atoms with van der Waals surface area (Å²) in [6.07, 6.45) is -4.80. The molecule has 22 heavy (non-hydrogen) atoms. The molecule has 1 atom stereocenters. The molecule has 120 valence electrons. The van der Waals surface area contributed by atoms with Crippen LogP contribution in [-0.2, 0) is 10.4 Å². The minimum atomic E-state index is -5.06. The number of alkyl halides is 3. The molecule has 0 radical (unpaired) electrons. The summed E-state index contributed by atoms with van der Waals surface area (Å²) in [7, 11) is 0. The molecule has 2 heterocycles. The van der Waals surface area contributed by atoms with Gasteiger partial charge in [0.1, 0.15) is 11.5 Å². The summed E-state index contributed by atoms with van der Waals surface area (Å²) < 4.78 is 44.5. The number of nitrogens with zero attached hydrogens (tertiary/aromatic N) is 1. The molecule has 0 bridgehead atoms. The average Bonchev–Trinajstić information content (AvgIpc) is 2.97. The fourth-order valence-electron chi connectivity index (χ4n) is 1.79. The van der Waals surface area contributed by atoms with Gasteiger partial charge in [0.05, 0.1) is 6.42 Å². The van der Waals surface area contributed by atoms with E-state index in [4.69, 9.17) is 4.42 Å². The number of amides is 1. The number of halogens is 3. The summed E-state index contributed by atoms with van der Waals surface area (Å²) in [4.78, 5) is 16.4. The van der Waals surface area contributed by atoms with Gasteiger partial charge in [0.2, 0.25) is 11.5 Å². The van der Waals surface area contributed by atoms with Gasteiger partial charge in [-0.15, -0.1) is 11.3 Å². The Kier molecular flexibility index (Phi) is 4.30. The Balaban J connectivity index is 2.22. The lowest BCUT2D eigenvalue weighted by Gasteiger charge is -2.27. The first-order valence-electron chi connectivity index (χ1n) is 6.20. The largest absolute Gasteiger partial charge is 0.463 e. The number of aryl methyl sites for hydroxylation is 2. The fraction of sp³-hybridized carbons (Fsp3) is 0.385. The second-order valence-corrected chi connectivity index (χ2v) is 6.00. The number of aliphatic hydroxyl groups is 1. The predicted molar refractivity (Wildman–Crippen MR) is 73.5 cm³/mol. The Morgan fingerprint density at radius 1 is 1.41 bits per heavy atom. The molecule has 0 aromatic carbocycles. The highest BCUT2D eigenvalue weighted by atomic mass is 32.1. The predicted octanol–water partition coefficient (Wildman–Crippen LogP) is 3.13. The third-order valence-corrected chi connectivity index (χ3v) is 3.73. The van der Waals surface area contributed by atoms with Crippen molar-refractivity contribution < 1.29 is 27.5 Å². The van der Waals surface area contributed by atoms with Crippen molar-refractivity contribution >= 4 is 22.4 Å². The lowest BCUT2D eigenvalue weighted by molar-refractivity contribution is -0.272. The number of rotatable bonds is 4. The third kappa shape index (κ3) is 3.30. The van der Waals surface area contributed by atoms with Crippen molar-refractivity contribution in [3.05, 3.63) is 34.7 Å². The van der Waals surface area contributed by atoms with E-state index in [1.54, 1.807) is 6.92 Å². The molecular weight excluding hydrogens is 321 g/mol. The van der Waals surface area contributed by atoms with Crippen LogP contribution in [0.15, 0.2) is 22.7 Å². The lowest BCUT2D eigenvalue weighted by atomic mass is 9.95. The van der Waals surface area contributed by atoms with Crippen molar-refractivity contribution in [2.75, 3.05) is 5.32 Å². The van der Waals surface area contributed by atoms with Crippen LogP contribution in [0.25, 0.3) is 0 Å². The summed E-state index contributed by atoms with van der Waals surface area (Å²) in [5.74, 6) is -1.53.